The highest BCUT2D eigenvalue weighted by Crippen LogP contribution is 2.49. The number of rotatable bonds is 8. The fourth-order valence-corrected chi connectivity index (χ4v) is 9.29. The van der Waals surface area contributed by atoms with Crippen LogP contribution in [0, 0.1) is 17.0 Å². The van der Waals surface area contributed by atoms with Crippen LogP contribution < -0.4 is 15.0 Å². The van der Waals surface area contributed by atoms with E-state index in [1.807, 2.05) is 6.92 Å². The van der Waals surface area contributed by atoms with Crippen LogP contribution in [-0.4, -0.2) is 83.6 Å². The zero-order chi connectivity index (χ0) is 32.0. The molecule has 1 saturated carbocycles. The minimum absolute atomic E-state index is 0.0388. The summed E-state index contributed by atoms with van der Waals surface area (Å²) in [7, 11) is 0. The number of fused-ring (bicyclic) bond motifs is 6. The molecule has 0 amide bonds. The molecule has 2 aromatic carbocycles. The van der Waals surface area contributed by atoms with Crippen molar-refractivity contribution in [2.24, 2.45) is 5.41 Å². The van der Waals surface area contributed by atoms with Crippen LogP contribution in [0.3, 0.4) is 0 Å². The van der Waals surface area contributed by atoms with Gasteiger partial charge in [0.15, 0.2) is 5.82 Å². The van der Waals surface area contributed by atoms with Crippen molar-refractivity contribution in [3.8, 4) is 6.01 Å². The van der Waals surface area contributed by atoms with Gasteiger partial charge in [0.1, 0.15) is 17.2 Å². The van der Waals surface area contributed by atoms with Gasteiger partial charge in [-0.1, -0.05) is 24.6 Å². The number of piperazine rings is 1. The SMILES string of the molecule is CCc1c(F)ccc2c1C(c1c(Cl)cc3c(N4CC5CCC(C4)N5)nc(OCC4(CN5C[C@@H]6C[C@H]5CO6)CC4)nc3c1F)CC(O)=C2. The smallest absolute Gasteiger partial charge is 0.319 e. The molecule has 9 rings (SSSR count). The lowest BCUT2D eigenvalue weighted by Crippen LogP contribution is -2.51. The van der Waals surface area contributed by atoms with Crippen molar-refractivity contribution in [3.05, 3.63) is 62.9 Å². The molecule has 6 aliphatic rings. The number of anilines is 1. The molecule has 2 N–H and O–H groups in total. The van der Waals surface area contributed by atoms with Crippen LogP contribution in [0.4, 0.5) is 14.6 Å². The summed E-state index contributed by atoms with van der Waals surface area (Å²) >= 11 is 6.98. The summed E-state index contributed by atoms with van der Waals surface area (Å²) in [5, 5.41) is 15.2. The van der Waals surface area contributed by atoms with E-state index in [-0.39, 0.29) is 45.5 Å². The number of aliphatic hydroxyl groups is 1. The van der Waals surface area contributed by atoms with E-state index < -0.39 is 11.7 Å². The number of aromatic nitrogens is 2. The molecule has 1 aromatic heterocycles. The number of likely N-dealkylation sites (tertiary alicyclic amines) is 1. The van der Waals surface area contributed by atoms with Gasteiger partial charge in [-0.05, 0) is 73.4 Å². The first-order valence-electron chi connectivity index (χ1n) is 17.2. The number of nitrogens with zero attached hydrogens (tertiary/aromatic N) is 4. The van der Waals surface area contributed by atoms with E-state index in [0.717, 1.165) is 64.9 Å². The molecule has 8 nitrogen and oxygen atoms in total. The van der Waals surface area contributed by atoms with Crippen molar-refractivity contribution in [2.75, 3.05) is 44.3 Å². The lowest BCUT2D eigenvalue weighted by molar-refractivity contribution is 0.0176. The zero-order valence-corrected chi connectivity index (χ0v) is 27.3. The Hall–Kier alpha value is -3.05. The summed E-state index contributed by atoms with van der Waals surface area (Å²) in [6, 6.07) is 6.13. The molecular weight excluding hydrogens is 624 g/mol. The standard InChI is InChI=1S/C36H40ClF2N5O3/c1-2-25-29(38)6-3-19-9-23(45)11-26(30(19)25)31-28(37)12-27-33(32(31)39)41-35(42-34(27)43-13-20-4-5-21(14-43)40-20)47-18-36(7-8-36)17-44-15-24-10-22(44)16-46-24/h3,6,9,12,20-22,24,26,40,45H,2,4-5,7-8,10-11,13-18H2,1H3/t20?,21?,22-,24-,26?/m0/s1. The molecule has 3 unspecified atom stereocenters. The van der Waals surface area contributed by atoms with E-state index in [2.05, 4.69) is 15.1 Å². The number of allylic oxidation sites excluding steroid dienone is 1. The van der Waals surface area contributed by atoms with Gasteiger partial charge in [0, 0.05) is 78.0 Å². The van der Waals surface area contributed by atoms with Gasteiger partial charge in [0.05, 0.1) is 25.1 Å². The van der Waals surface area contributed by atoms with E-state index in [1.165, 1.54) is 6.07 Å². The molecule has 248 valence electrons. The minimum atomic E-state index is -0.676. The summed E-state index contributed by atoms with van der Waals surface area (Å²) in [6.07, 6.45) is 7.96. The largest absolute Gasteiger partial charge is 0.512 e. The van der Waals surface area contributed by atoms with Crippen LogP contribution in [-0.2, 0) is 11.2 Å². The molecule has 4 bridgehead atoms. The highest BCUT2D eigenvalue weighted by atomic mass is 35.5. The Balaban J connectivity index is 1.11. The van der Waals surface area contributed by atoms with Crippen LogP contribution in [0.25, 0.3) is 17.0 Å². The molecule has 5 atom stereocenters. The van der Waals surface area contributed by atoms with E-state index in [4.69, 9.17) is 31.0 Å². The van der Waals surface area contributed by atoms with Gasteiger partial charge in [-0.3, -0.25) is 4.90 Å². The quantitative estimate of drug-likeness (QED) is 0.298. The second-order valence-electron chi connectivity index (χ2n) is 14.7. The molecule has 4 aliphatic heterocycles. The third-order valence-electron chi connectivity index (χ3n) is 11.5. The summed E-state index contributed by atoms with van der Waals surface area (Å²) in [6.45, 7) is 6.59. The normalized spacial score (nSPS) is 29.0. The van der Waals surface area contributed by atoms with Crippen LogP contribution in [0.15, 0.2) is 24.0 Å². The molecular formula is C36H40ClF2N5O3. The lowest BCUT2D eigenvalue weighted by Gasteiger charge is -2.34. The van der Waals surface area contributed by atoms with E-state index in [1.54, 1.807) is 18.2 Å². The van der Waals surface area contributed by atoms with Gasteiger partial charge in [-0.25, -0.2) is 8.78 Å². The highest BCUT2D eigenvalue weighted by Gasteiger charge is 2.49. The Morgan fingerprint density at radius 2 is 1.94 bits per heavy atom. The van der Waals surface area contributed by atoms with Crippen molar-refractivity contribution in [1.82, 2.24) is 20.2 Å². The molecule has 5 fully saturated rings. The number of aliphatic hydroxyl groups excluding tert-OH is 1. The minimum Gasteiger partial charge on any atom is -0.512 e. The second kappa shape index (κ2) is 11.3. The molecule has 5 heterocycles. The fourth-order valence-electron chi connectivity index (χ4n) is 8.96. The van der Waals surface area contributed by atoms with Gasteiger partial charge in [0.2, 0.25) is 0 Å². The van der Waals surface area contributed by atoms with Crippen molar-refractivity contribution in [2.45, 2.75) is 82.0 Å². The Kier molecular flexibility index (Phi) is 7.19. The van der Waals surface area contributed by atoms with Crippen LogP contribution in [0.1, 0.15) is 73.6 Å². The summed E-state index contributed by atoms with van der Waals surface area (Å²) < 4.78 is 44.4. The number of nitrogens with one attached hydrogen (secondary N) is 1. The number of hydrogen-bond acceptors (Lipinski definition) is 8. The molecule has 47 heavy (non-hydrogen) atoms. The summed E-state index contributed by atoms with van der Waals surface area (Å²) in [5.41, 5.74) is 2.22. The van der Waals surface area contributed by atoms with Crippen LogP contribution in [0.5, 0.6) is 6.01 Å². The first-order valence-corrected chi connectivity index (χ1v) is 17.5. The van der Waals surface area contributed by atoms with Gasteiger partial charge >= 0.3 is 6.01 Å². The van der Waals surface area contributed by atoms with E-state index in [0.29, 0.717) is 65.2 Å². The maximum Gasteiger partial charge on any atom is 0.319 e. The molecule has 0 radical (unpaired) electrons. The molecule has 2 aliphatic carbocycles. The fraction of sp³-hybridized carbons (Fsp3) is 0.556. The van der Waals surface area contributed by atoms with Gasteiger partial charge in [-0.2, -0.15) is 9.97 Å². The molecule has 3 aromatic rings. The lowest BCUT2D eigenvalue weighted by atomic mass is 9.78. The number of hydrogen-bond donors (Lipinski definition) is 2. The Morgan fingerprint density at radius 1 is 1.13 bits per heavy atom. The molecule has 0 spiro atoms. The van der Waals surface area contributed by atoms with Crippen molar-refractivity contribution >= 4 is 34.4 Å². The molecule has 11 heteroatoms. The average Bonchev–Trinajstić information content (AvgIpc) is 3.32. The van der Waals surface area contributed by atoms with Crippen molar-refractivity contribution in [1.29, 1.82) is 0 Å². The number of morpholine rings is 1. The van der Waals surface area contributed by atoms with E-state index >= 15 is 8.78 Å². The second-order valence-corrected chi connectivity index (χ2v) is 15.1. The zero-order valence-electron chi connectivity index (χ0n) is 26.6. The van der Waals surface area contributed by atoms with Crippen LogP contribution >= 0.6 is 11.6 Å². The summed E-state index contributed by atoms with van der Waals surface area (Å²) in [5.74, 6) is -0.875. The third kappa shape index (κ3) is 5.18. The number of ether oxygens (including phenoxy) is 2. The maximum atomic E-state index is 17.1. The van der Waals surface area contributed by atoms with Gasteiger partial charge in [-0.15, -0.1) is 0 Å². The Morgan fingerprint density at radius 3 is 2.64 bits per heavy atom. The van der Waals surface area contributed by atoms with Crippen molar-refractivity contribution < 1.29 is 23.4 Å². The third-order valence-corrected chi connectivity index (χ3v) is 11.8. The van der Waals surface area contributed by atoms with Crippen molar-refractivity contribution in [3.63, 3.8) is 0 Å². The van der Waals surface area contributed by atoms with E-state index in [9.17, 15) is 5.11 Å². The average molecular weight is 664 g/mol. The van der Waals surface area contributed by atoms with Gasteiger partial charge < -0.3 is 24.8 Å². The summed E-state index contributed by atoms with van der Waals surface area (Å²) in [4.78, 5) is 14.4. The first-order chi connectivity index (χ1) is 22.8. The highest BCUT2D eigenvalue weighted by molar-refractivity contribution is 6.32. The monoisotopic (exact) mass is 663 g/mol. The molecule has 4 saturated heterocycles. The Labute approximate surface area is 278 Å². The van der Waals surface area contributed by atoms with Gasteiger partial charge in [0.25, 0.3) is 0 Å². The predicted octanol–water partition coefficient (Wildman–Crippen LogP) is 6.13. The predicted molar refractivity (Wildman–Crippen MR) is 176 cm³/mol. The number of halogens is 3. The van der Waals surface area contributed by atoms with Crippen LogP contribution in [0.2, 0.25) is 5.02 Å². The topological polar surface area (TPSA) is 83.0 Å². The number of benzene rings is 2. The first kappa shape index (κ1) is 30.0. The maximum absolute atomic E-state index is 17.1. The Bertz CT molecular complexity index is 1790.